The normalized spacial score (nSPS) is 20.0. The van der Waals surface area contributed by atoms with E-state index in [-0.39, 0.29) is 30.8 Å². The molecule has 0 spiro atoms. The highest BCUT2D eigenvalue weighted by Gasteiger charge is 2.41. The van der Waals surface area contributed by atoms with Crippen molar-refractivity contribution in [2.75, 3.05) is 31.9 Å². The molecule has 0 bridgehead atoms. The molecule has 2 aliphatic heterocycles. The summed E-state index contributed by atoms with van der Waals surface area (Å²) in [6.45, 7) is 1.81. The van der Waals surface area contributed by atoms with Crippen LogP contribution in [0.4, 0.5) is 13.2 Å². The van der Waals surface area contributed by atoms with Crippen molar-refractivity contribution in [1.82, 2.24) is 19.8 Å². The van der Waals surface area contributed by atoms with E-state index >= 15 is 0 Å². The average molecular weight is 547 g/mol. The van der Waals surface area contributed by atoms with Gasteiger partial charge in [-0.25, -0.2) is 13.1 Å². The van der Waals surface area contributed by atoms with Crippen molar-refractivity contribution in [2.45, 2.75) is 50.4 Å². The van der Waals surface area contributed by atoms with E-state index < -0.39 is 39.9 Å². The molecule has 0 aromatic heterocycles. The fourth-order valence-electron chi connectivity index (χ4n) is 4.75. The molecule has 0 saturated carbocycles. The largest absolute Gasteiger partial charge is 0.404 e. The van der Waals surface area contributed by atoms with Crippen molar-refractivity contribution < 1.29 is 31.2 Å². The molecule has 1 aromatic rings. The quantitative estimate of drug-likeness (QED) is 0.266. The number of carbonyl (C=O) groups is 2. The first-order valence-electron chi connectivity index (χ1n) is 12.1. The zero-order valence-corrected chi connectivity index (χ0v) is 21.2. The number of rotatable bonds is 9. The maximum Gasteiger partial charge on any atom is 0.404 e. The van der Waals surface area contributed by atoms with Gasteiger partial charge in [-0.3, -0.25) is 15.0 Å². The predicted octanol–water partition coefficient (Wildman–Crippen LogP) is 0.792. The number of alkyl halides is 3. The van der Waals surface area contributed by atoms with Gasteiger partial charge in [-0.15, -0.1) is 0 Å². The number of halogens is 3. The van der Waals surface area contributed by atoms with Gasteiger partial charge in [0.25, 0.3) is 0 Å². The number of hydrogen-bond acceptors (Lipinski definition) is 5. The number of nitrogens with one attached hydrogen (secondary N) is 3. The minimum Gasteiger partial charge on any atom is -0.370 e. The third-order valence-corrected chi connectivity index (χ3v) is 7.97. The van der Waals surface area contributed by atoms with Crippen molar-refractivity contribution in [3.05, 3.63) is 35.9 Å². The third kappa shape index (κ3) is 8.59. The van der Waals surface area contributed by atoms with Gasteiger partial charge in [-0.2, -0.15) is 13.2 Å². The minimum atomic E-state index is -4.97. The van der Waals surface area contributed by atoms with Crippen LogP contribution >= 0.6 is 0 Å². The second kappa shape index (κ2) is 12.1. The topological polar surface area (TPSA) is 149 Å². The van der Waals surface area contributed by atoms with Crippen LogP contribution < -0.4 is 15.8 Å². The molecule has 2 amide bonds. The molecular formula is C23H33F3N6O4S. The lowest BCUT2D eigenvalue weighted by atomic mass is 9.97. The van der Waals surface area contributed by atoms with Gasteiger partial charge in [0.1, 0.15) is 12.1 Å². The number of guanidine groups is 1. The van der Waals surface area contributed by atoms with E-state index in [1.165, 1.54) is 4.90 Å². The average Bonchev–Trinajstić information content (AvgIpc) is 3.31. The number of likely N-dealkylation sites (tertiary alicyclic amines) is 2. The Kier molecular flexibility index (Phi) is 9.40. The zero-order valence-electron chi connectivity index (χ0n) is 20.3. The Hall–Kier alpha value is -2.87. The molecule has 206 valence electrons. The standard InChI is InChI=1S/C23H33F3N6O4S/c24-23(25,26)15-37(35,36)30-18(13-16-5-2-1-3-6-16)21(34)32-10-4-7-19(32)20(33)29-14-17-8-11-31(12-9-17)22(27)28/h1-3,5-6,17-19,30H,4,7-15H2,(H3,27,28)(H,29,33)/t18-,19+/m1/s1. The SMILES string of the molecule is N=C(N)N1CCC(CNC(=O)[C@@H]2CCCN2C(=O)[C@@H](Cc2ccccc2)NS(=O)(=O)CC(F)(F)F)CC1. The van der Waals surface area contributed by atoms with Crippen molar-refractivity contribution in [3.63, 3.8) is 0 Å². The summed E-state index contributed by atoms with van der Waals surface area (Å²) in [7, 11) is -4.86. The zero-order chi connectivity index (χ0) is 27.2. The highest BCUT2D eigenvalue weighted by atomic mass is 32.2. The smallest absolute Gasteiger partial charge is 0.370 e. The van der Waals surface area contributed by atoms with Gasteiger partial charge in [-0.05, 0) is 43.6 Å². The van der Waals surface area contributed by atoms with Gasteiger partial charge in [0, 0.05) is 26.2 Å². The molecule has 1 aromatic carbocycles. The third-order valence-electron chi connectivity index (χ3n) is 6.61. The number of benzene rings is 1. The molecule has 2 fully saturated rings. The van der Waals surface area contributed by atoms with Crippen molar-refractivity contribution >= 4 is 27.8 Å². The van der Waals surface area contributed by atoms with Gasteiger partial charge in [0.05, 0.1) is 0 Å². The molecule has 2 saturated heterocycles. The van der Waals surface area contributed by atoms with Crippen molar-refractivity contribution in [3.8, 4) is 0 Å². The number of sulfonamides is 1. The van der Waals surface area contributed by atoms with Crippen LogP contribution in [-0.4, -0.2) is 86.2 Å². The lowest BCUT2D eigenvalue weighted by molar-refractivity contribution is -0.139. The van der Waals surface area contributed by atoms with Crippen molar-refractivity contribution in [2.24, 2.45) is 11.7 Å². The van der Waals surface area contributed by atoms with Gasteiger partial charge in [0.2, 0.25) is 21.8 Å². The van der Waals surface area contributed by atoms with E-state index in [0.717, 1.165) is 12.8 Å². The molecule has 3 rings (SSSR count). The highest BCUT2D eigenvalue weighted by molar-refractivity contribution is 7.89. The summed E-state index contributed by atoms with van der Waals surface area (Å²) in [5.74, 6) is -3.02. The maximum absolute atomic E-state index is 13.4. The fourth-order valence-corrected chi connectivity index (χ4v) is 5.88. The Morgan fingerprint density at radius 2 is 1.76 bits per heavy atom. The Morgan fingerprint density at radius 3 is 2.35 bits per heavy atom. The summed E-state index contributed by atoms with van der Waals surface area (Å²) >= 11 is 0. The number of hydrogen-bond donors (Lipinski definition) is 4. The number of carbonyl (C=O) groups excluding carboxylic acids is 2. The molecule has 0 aliphatic carbocycles. The first kappa shape index (κ1) is 28.7. The van der Waals surface area contributed by atoms with Crippen LogP contribution in [0.5, 0.6) is 0 Å². The number of nitrogens with two attached hydrogens (primary N) is 1. The second-order valence-corrected chi connectivity index (χ2v) is 11.2. The second-order valence-electron chi connectivity index (χ2n) is 9.48. The molecule has 5 N–H and O–H groups in total. The molecule has 37 heavy (non-hydrogen) atoms. The Balaban J connectivity index is 1.67. The molecule has 2 aliphatic rings. The summed E-state index contributed by atoms with van der Waals surface area (Å²) in [6, 6.07) is 6.03. The molecular weight excluding hydrogens is 513 g/mol. The number of amides is 2. The van der Waals surface area contributed by atoms with Gasteiger partial charge in [-0.1, -0.05) is 30.3 Å². The fraction of sp³-hybridized carbons (Fsp3) is 0.609. The Morgan fingerprint density at radius 1 is 1.11 bits per heavy atom. The summed E-state index contributed by atoms with van der Waals surface area (Å²) in [4.78, 5) is 29.4. The van der Waals surface area contributed by atoms with Crippen LogP contribution in [0.3, 0.4) is 0 Å². The molecule has 14 heteroatoms. The van der Waals surface area contributed by atoms with Crippen molar-refractivity contribution in [1.29, 1.82) is 5.41 Å². The maximum atomic E-state index is 13.4. The number of nitrogens with zero attached hydrogens (tertiary/aromatic N) is 2. The summed E-state index contributed by atoms with van der Waals surface area (Å²) in [5, 5.41) is 10.4. The molecule has 0 radical (unpaired) electrons. The molecule has 2 heterocycles. The Labute approximate surface area is 214 Å². The van der Waals surface area contributed by atoms with E-state index in [0.29, 0.717) is 38.0 Å². The first-order chi connectivity index (χ1) is 17.3. The summed E-state index contributed by atoms with van der Waals surface area (Å²) in [5.41, 5.74) is 6.07. The van der Waals surface area contributed by atoms with Crippen LogP contribution in [0.1, 0.15) is 31.2 Å². The van der Waals surface area contributed by atoms with E-state index in [2.05, 4.69) is 5.32 Å². The first-order valence-corrected chi connectivity index (χ1v) is 13.8. The van der Waals surface area contributed by atoms with E-state index in [1.54, 1.807) is 35.2 Å². The molecule has 0 unspecified atom stereocenters. The van der Waals surface area contributed by atoms with E-state index in [4.69, 9.17) is 11.1 Å². The minimum absolute atomic E-state index is 0.0125. The van der Waals surface area contributed by atoms with Crippen LogP contribution in [0, 0.1) is 11.3 Å². The summed E-state index contributed by atoms with van der Waals surface area (Å²) in [6.07, 6.45) is -2.76. The lowest BCUT2D eigenvalue weighted by Crippen LogP contribution is -2.55. The van der Waals surface area contributed by atoms with Gasteiger partial charge >= 0.3 is 6.18 Å². The van der Waals surface area contributed by atoms with Gasteiger partial charge < -0.3 is 20.9 Å². The van der Waals surface area contributed by atoms with Crippen LogP contribution in [-0.2, 0) is 26.0 Å². The highest BCUT2D eigenvalue weighted by Crippen LogP contribution is 2.22. The molecule has 10 nitrogen and oxygen atoms in total. The van der Waals surface area contributed by atoms with E-state index in [9.17, 15) is 31.2 Å². The predicted molar refractivity (Wildman–Crippen MR) is 131 cm³/mol. The monoisotopic (exact) mass is 546 g/mol. The van der Waals surface area contributed by atoms with E-state index in [1.807, 2.05) is 4.72 Å². The van der Waals surface area contributed by atoms with Crippen LogP contribution in [0.15, 0.2) is 30.3 Å². The van der Waals surface area contributed by atoms with Gasteiger partial charge in [0.15, 0.2) is 11.7 Å². The van der Waals surface area contributed by atoms with Crippen LogP contribution in [0.25, 0.3) is 0 Å². The summed E-state index contributed by atoms with van der Waals surface area (Å²) < 4.78 is 64.8. The Bertz CT molecular complexity index is 1060. The number of piperidine rings is 1. The van der Waals surface area contributed by atoms with Crippen LogP contribution in [0.2, 0.25) is 0 Å². The lowest BCUT2D eigenvalue weighted by Gasteiger charge is -2.33. The molecule has 2 atom stereocenters.